The second kappa shape index (κ2) is 51.3. The molecule has 0 aromatic heterocycles. The highest BCUT2D eigenvalue weighted by atomic mass is 16.5. The van der Waals surface area contributed by atoms with Crippen LogP contribution in [0.2, 0.25) is 0 Å². The standard InChI is InChI=1S/C58H92N6O6.C57H87N7O4.CH4/c1-13-43(6)52(66)60-51(42(4)5)54(68)64-31-27-56(9)36-48(38-62(40-58(56,64)11)29-25-46-22-18-15-19-23-46)70-33-32-69-47-35-55(8)26-30-63(53(67)49(41(2)3)34-50(65)44(7)59-12)57(55,10)39-61(37-47)28-24-45-20-16-14-17-21-45;1-5-40(2)54(65)59-52(44-22-8-6-9-23-44)56(67)63-36-18-26-46(63)38-61(50-32-30-42-20-12-14-28-48(42)50)34-16-17-35-62(51-33-31-43-21-13-15-29-49(43)51)39-47-27-19-37-64(47)57(68)53(45-24-10-7-11-25-45)60-55(66)41(3)58-4;/h14-23,41-44,47-49,51,59H,13,24-40H2,1-12H3,(H,60,66);12-15,20-21,28-29,40-41,44-47,50-53,58H,5-11,16-19,22-27,30-39H2,1-4H3,(H,59,65)(H,60,66);1H4/t43-,44+,47-,48-,49+,51+,55+,56+,57-,58-;40-,41+,46+,47+,50?,51?,52?,53+;/m11./s1. The summed E-state index contributed by atoms with van der Waals surface area (Å²) in [5, 5.41) is 15.9. The van der Waals surface area contributed by atoms with Gasteiger partial charge in [-0.05, 0) is 264 Å². The molecule has 8 fully saturated rings. The van der Waals surface area contributed by atoms with Gasteiger partial charge >= 0.3 is 0 Å². The lowest BCUT2D eigenvalue weighted by Gasteiger charge is -2.47. The predicted molar refractivity (Wildman–Crippen MR) is 559 cm³/mol. The second-order valence-corrected chi connectivity index (χ2v) is 45.5. The summed E-state index contributed by atoms with van der Waals surface area (Å²) in [6.45, 7) is 41.2. The zero-order valence-electron chi connectivity index (χ0n) is 87.8. The van der Waals surface area contributed by atoms with Gasteiger partial charge in [0.15, 0.2) is 0 Å². The van der Waals surface area contributed by atoms with Crippen molar-refractivity contribution < 1.29 is 47.8 Å². The molecule has 6 heterocycles. The largest absolute Gasteiger partial charge is 0.374 e. The van der Waals surface area contributed by atoms with E-state index in [4.69, 9.17) is 9.47 Å². The number of fused-ring (bicyclic) bond motifs is 4. The van der Waals surface area contributed by atoms with Crippen molar-refractivity contribution >= 4 is 47.1 Å². The highest BCUT2D eigenvalue weighted by Gasteiger charge is 2.61. The van der Waals surface area contributed by atoms with Crippen molar-refractivity contribution in [3.05, 3.63) is 143 Å². The average Bonchev–Trinajstić information content (AvgIpc) is 1.58. The maximum Gasteiger partial charge on any atom is 0.245 e. The van der Waals surface area contributed by atoms with E-state index >= 15 is 0 Å². The molecule has 0 radical (unpaired) electrons. The van der Waals surface area contributed by atoms with E-state index in [1.54, 1.807) is 14.1 Å². The Labute approximate surface area is 837 Å². The first-order chi connectivity index (χ1) is 66.3. The first kappa shape index (κ1) is 110. The Morgan fingerprint density at radius 2 is 0.863 bits per heavy atom. The van der Waals surface area contributed by atoms with Crippen LogP contribution in [0.25, 0.3) is 0 Å². The molecular weight excluding hydrogens is 1740 g/mol. The number of benzene rings is 4. The van der Waals surface area contributed by atoms with E-state index in [2.05, 4.69) is 223 Å². The molecule has 23 nitrogen and oxygen atoms in total. The summed E-state index contributed by atoms with van der Waals surface area (Å²) in [4.78, 5) is 131. The smallest absolute Gasteiger partial charge is 0.245 e. The average molecular weight is 1920 g/mol. The molecule has 2 saturated carbocycles. The maximum absolute atomic E-state index is 14.8. The van der Waals surface area contributed by atoms with E-state index in [-0.39, 0.29) is 150 Å². The fraction of sp³-hybridized carbons (Fsp3) is 0.724. The van der Waals surface area contributed by atoms with Crippen molar-refractivity contribution in [2.24, 2.45) is 52.3 Å². The molecule has 6 saturated heterocycles. The third kappa shape index (κ3) is 27.0. The highest BCUT2D eigenvalue weighted by molar-refractivity contribution is 5.92. The molecule has 23 heteroatoms. The lowest BCUT2D eigenvalue weighted by molar-refractivity contribution is -0.146. The van der Waals surface area contributed by atoms with E-state index in [9.17, 15) is 38.4 Å². The number of carbonyl (C=O) groups excluding carboxylic acids is 8. The zero-order chi connectivity index (χ0) is 98.6. The molecule has 10 aliphatic rings. The first-order valence-corrected chi connectivity index (χ1v) is 54.7. The molecule has 5 N–H and O–H groups in total. The summed E-state index contributed by atoms with van der Waals surface area (Å²) in [5.41, 5.74) is 7.04. The number of Topliss-reactive ketones (excluding diaryl/α,β-unsaturated/α-hetero) is 1. The molecule has 3 unspecified atom stereocenters. The van der Waals surface area contributed by atoms with Crippen LogP contribution in [0, 0.1) is 52.3 Å². The topological polar surface area (TPSA) is 241 Å². The fourth-order valence-corrected chi connectivity index (χ4v) is 25.7. The summed E-state index contributed by atoms with van der Waals surface area (Å²) in [5.74, 6) is 0.0700. The molecule has 4 aromatic carbocycles. The SMILES string of the molecule is C.CC[C@@H](C)C(=O)NC(C(=O)N1CCC[C@H]1CN(CCCCN(C[C@@H]1CCCN1C(=O)[C@@H](NC(=O)[C@H](C)NC)C1CCCCC1)C1CCc2ccccc21)C1CCc2ccccc21)C1CCCCC1.CC[C@@H](C)C(=O)N[C@H](C(=O)N1CC[C@@]2(C)C[C@@H](OCCO[C@H]3CN(CCc4ccccc4)C[C@@]4(C)N(C(=O)[C@@H](CC(=O)[C@H](C)NC)C(C)C)CC[C@@]4(C)C3)CN(CCc3ccccc3)C[C@@]12C)C(C)C. The Morgan fingerprint density at radius 3 is 1.28 bits per heavy atom. The zero-order valence-corrected chi connectivity index (χ0v) is 87.8. The number of unbranched alkanes of at least 4 members (excludes halogenated alkanes) is 1. The Kier molecular flexibility index (Phi) is 40.7. The Bertz CT molecular complexity index is 4300. The van der Waals surface area contributed by atoms with Gasteiger partial charge in [0, 0.05) is 127 Å². The van der Waals surface area contributed by atoms with E-state index in [1.807, 2.05) is 48.5 Å². The third-order valence-corrected chi connectivity index (χ3v) is 35.8. The van der Waals surface area contributed by atoms with E-state index < -0.39 is 29.2 Å². The van der Waals surface area contributed by atoms with Gasteiger partial charge < -0.3 is 55.7 Å². The van der Waals surface area contributed by atoms with Gasteiger partial charge in [-0.1, -0.05) is 224 Å². The van der Waals surface area contributed by atoms with Crippen molar-refractivity contribution in [2.75, 3.05) is 119 Å². The van der Waals surface area contributed by atoms with Gasteiger partial charge in [0.25, 0.3) is 0 Å². The number of likely N-dealkylation sites (tertiary alicyclic amines) is 6. The van der Waals surface area contributed by atoms with E-state index in [0.717, 1.165) is 245 Å². The molecule has 14 rings (SSSR count). The van der Waals surface area contributed by atoms with Crippen molar-refractivity contribution in [1.82, 2.24) is 65.8 Å². The Morgan fingerprint density at radius 1 is 0.453 bits per heavy atom. The number of nitrogens with one attached hydrogen (secondary N) is 5. The van der Waals surface area contributed by atoms with Crippen molar-refractivity contribution in [3.8, 4) is 0 Å². The van der Waals surface area contributed by atoms with Crippen LogP contribution in [0.1, 0.15) is 310 Å². The van der Waals surface area contributed by atoms with Crippen LogP contribution >= 0.6 is 0 Å². The minimum absolute atomic E-state index is 0. The lowest BCUT2D eigenvalue weighted by Crippen LogP contribution is -2.62. The van der Waals surface area contributed by atoms with Crippen LogP contribution in [0.4, 0.5) is 0 Å². The number of ether oxygens (including phenoxy) is 2. The number of hydrogen-bond donors (Lipinski definition) is 5. The van der Waals surface area contributed by atoms with Gasteiger partial charge in [-0.3, -0.25) is 58.0 Å². The number of ketones is 1. The third-order valence-electron chi connectivity index (χ3n) is 35.8. The summed E-state index contributed by atoms with van der Waals surface area (Å²) in [7, 11) is 3.60. The van der Waals surface area contributed by atoms with Gasteiger partial charge in [-0.2, -0.15) is 0 Å². The van der Waals surface area contributed by atoms with Crippen LogP contribution in [0.5, 0.6) is 0 Å². The summed E-state index contributed by atoms with van der Waals surface area (Å²) >= 11 is 0. The fourth-order valence-electron chi connectivity index (χ4n) is 25.7. The molecule has 4 aromatic rings. The number of amides is 7. The van der Waals surface area contributed by atoms with Gasteiger partial charge in [0.05, 0.1) is 48.6 Å². The number of nitrogens with zero attached hydrogens (tertiary/aromatic N) is 8. The highest BCUT2D eigenvalue weighted by Crippen LogP contribution is 2.54. The molecule has 139 heavy (non-hydrogen) atoms. The predicted octanol–water partition coefficient (Wildman–Crippen LogP) is 16.8. The first-order valence-electron chi connectivity index (χ1n) is 54.7. The number of likely N-dealkylation sites (N-methyl/N-ethyl adjacent to an activating group) is 2. The molecule has 0 bridgehead atoms. The van der Waals surface area contributed by atoms with Crippen molar-refractivity contribution in [2.45, 2.75) is 368 Å². The van der Waals surface area contributed by atoms with Gasteiger partial charge in [0.2, 0.25) is 41.4 Å². The van der Waals surface area contributed by atoms with Gasteiger partial charge in [-0.25, -0.2) is 0 Å². The second-order valence-electron chi connectivity index (χ2n) is 45.5. The van der Waals surface area contributed by atoms with Crippen LogP contribution in [0.15, 0.2) is 109 Å². The van der Waals surface area contributed by atoms with Crippen LogP contribution < -0.4 is 26.6 Å². The van der Waals surface area contributed by atoms with Crippen LogP contribution in [0.3, 0.4) is 0 Å². The number of rotatable bonds is 43. The normalized spacial score (nSPS) is 27.0. The molecule has 7 amide bonds. The quantitative estimate of drug-likeness (QED) is 0.0259. The van der Waals surface area contributed by atoms with Crippen molar-refractivity contribution in [1.29, 1.82) is 0 Å². The van der Waals surface area contributed by atoms with Crippen LogP contribution in [-0.2, 0) is 73.5 Å². The maximum atomic E-state index is 14.8. The van der Waals surface area contributed by atoms with E-state index in [0.29, 0.717) is 38.4 Å². The Hall–Kier alpha value is -7.48. The van der Waals surface area contributed by atoms with Gasteiger partial charge in [-0.15, -0.1) is 0 Å². The number of hydrogen-bond acceptors (Lipinski definition) is 16. The number of aryl methyl sites for hydroxylation is 2. The molecule has 18 atom stereocenters. The summed E-state index contributed by atoms with van der Waals surface area (Å²) in [6.07, 6.45) is 28.1. The van der Waals surface area contributed by atoms with Gasteiger partial charge in [0.1, 0.15) is 23.9 Å². The molecule has 4 aliphatic carbocycles. The van der Waals surface area contributed by atoms with Crippen molar-refractivity contribution in [3.63, 3.8) is 0 Å². The minimum atomic E-state index is -0.586. The lowest BCUT2D eigenvalue weighted by atomic mass is 9.69. The monoisotopic (exact) mass is 1920 g/mol. The Balaban J connectivity index is 0.000000247. The number of carbonyl (C=O) groups is 8. The molecular formula is C116H183N13O10. The minimum Gasteiger partial charge on any atom is -0.374 e. The summed E-state index contributed by atoms with van der Waals surface area (Å²) < 4.78 is 13.9. The summed E-state index contributed by atoms with van der Waals surface area (Å²) in [6, 6.07) is 38.0. The molecule has 0 spiro atoms. The molecule has 6 aliphatic heterocycles. The van der Waals surface area contributed by atoms with E-state index in [1.165, 1.54) is 46.2 Å². The molecule has 772 valence electrons. The van der Waals surface area contributed by atoms with Crippen LogP contribution in [-0.4, -0.2) is 271 Å².